The van der Waals surface area contributed by atoms with Crippen molar-refractivity contribution in [2.24, 2.45) is 4.99 Å². The predicted octanol–water partition coefficient (Wildman–Crippen LogP) is 2.08. The van der Waals surface area contributed by atoms with Crippen LogP contribution < -0.4 is 0 Å². The summed E-state index contributed by atoms with van der Waals surface area (Å²) in [6, 6.07) is 9.10. The van der Waals surface area contributed by atoms with Gasteiger partial charge in [0, 0.05) is 11.6 Å². The van der Waals surface area contributed by atoms with Crippen molar-refractivity contribution in [2.45, 2.75) is 0 Å². The number of rotatable bonds is 1. The molecule has 0 saturated heterocycles. The standard InChI is InChI=1S/C11H8N2O/c1-12-11(14)9-6-7-13-10-5-3-2-4-8(9)10/h2-7H,1H2. The van der Waals surface area contributed by atoms with Crippen molar-refractivity contribution in [2.75, 3.05) is 0 Å². The third kappa shape index (κ3) is 1.29. The molecule has 0 saturated carbocycles. The van der Waals surface area contributed by atoms with E-state index in [2.05, 4.69) is 16.7 Å². The minimum Gasteiger partial charge on any atom is -0.267 e. The first-order valence-electron chi connectivity index (χ1n) is 4.18. The van der Waals surface area contributed by atoms with E-state index in [-0.39, 0.29) is 5.91 Å². The average molecular weight is 184 g/mol. The summed E-state index contributed by atoms with van der Waals surface area (Å²) in [4.78, 5) is 18.9. The molecule has 1 heterocycles. The van der Waals surface area contributed by atoms with Crippen molar-refractivity contribution in [3.63, 3.8) is 0 Å². The van der Waals surface area contributed by atoms with E-state index in [0.717, 1.165) is 10.9 Å². The van der Waals surface area contributed by atoms with Crippen LogP contribution in [0.25, 0.3) is 10.9 Å². The van der Waals surface area contributed by atoms with Gasteiger partial charge in [-0.15, -0.1) is 0 Å². The van der Waals surface area contributed by atoms with E-state index in [9.17, 15) is 4.79 Å². The highest BCUT2D eigenvalue weighted by molar-refractivity contribution is 6.07. The average Bonchev–Trinajstić information content (AvgIpc) is 2.27. The summed E-state index contributed by atoms with van der Waals surface area (Å²) in [5, 5.41) is 0.812. The summed E-state index contributed by atoms with van der Waals surface area (Å²) >= 11 is 0. The minimum atomic E-state index is -0.316. The normalized spacial score (nSPS) is 10.0. The molecule has 1 aromatic carbocycles. The third-order valence-corrected chi connectivity index (χ3v) is 2.02. The van der Waals surface area contributed by atoms with E-state index in [0.29, 0.717) is 5.56 Å². The molecule has 0 fully saturated rings. The smallest absolute Gasteiger partial charge is 0.267 e. The van der Waals surface area contributed by atoms with E-state index in [1.165, 1.54) is 0 Å². The molecule has 0 spiro atoms. The first kappa shape index (κ1) is 8.56. The van der Waals surface area contributed by atoms with Crippen LogP contribution in [0.4, 0.5) is 0 Å². The Hall–Kier alpha value is -2.03. The lowest BCUT2D eigenvalue weighted by molar-refractivity contribution is 0.101. The Bertz CT molecular complexity index is 500. The second kappa shape index (κ2) is 3.38. The number of amides is 1. The van der Waals surface area contributed by atoms with Gasteiger partial charge in [-0.3, -0.25) is 9.78 Å². The fourth-order valence-corrected chi connectivity index (χ4v) is 1.37. The number of hydrogen-bond acceptors (Lipinski definition) is 2. The van der Waals surface area contributed by atoms with Crippen molar-refractivity contribution in [3.8, 4) is 0 Å². The van der Waals surface area contributed by atoms with Gasteiger partial charge in [0.05, 0.1) is 11.1 Å². The van der Waals surface area contributed by atoms with Crippen LogP contribution in [0.15, 0.2) is 41.5 Å². The van der Waals surface area contributed by atoms with Crippen LogP contribution >= 0.6 is 0 Å². The molecule has 1 amide bonds. The minimum absolute atomic E-state index is 0.316. The van der Waals surface area contributed by atoms with Gasteiger partial charge in [0.1, 0.15) is 0 Å². The molecule has 2 aromatic rings. The van der Waals surface area contributed by atoms with Crippen molar-refractivity contribution in [3.05, 3.63) is 42.1 Å². The maximum absolute atomic E-state index is 11.4. The highest BCUT2D eigenvalue weighted by Gasteiger charge is 2.07. The fourth-order valence-electron chi connectivity index (χ4n) is 1.37. The number of aromatic nitrogens is 1. The highest BCUT2D eigenvalue weighted by atomic mass is 16.1. The van der Waals surface area contributed by atoms with Gasteiger partial charge in [0.2, 0.25) is 0 Å². The molecule has 0 atom stereocenters. The molecule has 3 heteroatoms. The van der Waals surface area contributed by atoms with Gasteiger partial charge in [0.25, 0.3) is 5.91 Å². The lowest BCUT2D eigenvalue weighted by atomic mass is 10.1. The van der Waals surface area contributed by atoms with E-state index in [1.54, 1.807) is 12.3 Å². The molecular weight excluding hydrogens is 176 g/mol. The van der Waals surface area contributed by atoms with E-state index < -0.39 is 0 Å². The van der Waals surface area contributed by atoms with Crippen LogP contribution in [-0.2, 0) is 0 Å². The van der Waals surface area contributed by atoms with E-state index in [4.69, 9.17) is 0 Å². The maximum atomic E-state index is 11.4. The summed E-state index contributed by atoms with van der Waals surface area (Å²) in [6.45, 7) is 3.22. The van der Waals surface area contributed by atoms with Crippen LogP contribution in [0.2, 0.25) is 0 Å². The zero-order valence-electron chi connectivity index (χ0n) is 7.47. The van der Waals surface area contributed by atoms with E-state index >= 15 is 0 Å². The Morgan fingerprint density at radius 3 is 2.86 bits per heavy atom. The molecule has 0 aliphatic heterocycles. The lowest BCUT2D eigenvalue weighted by Crippen LogP contribution is -1.95. The topological polar surface area (TPSA) is 42.3 Å². The number of carbonyl (C=O) groups is 1. The third-order valence-electron chi connectivity index (χ3n) is 2.02. The van der Waals surface area contributed by atoms with Crippen LogP contribution in [-0.4, -0.2) is 17.6 Å². The second-order valence-corrected chi connectivity index (χ2v) is 2.84. The molecule has 0 unspecified atom stereocenters. The zero-order valence-corrected chi connectivity index (χ0v) is 7.47. The number of pyridine rings is 1. The van der Waals surface area contributed by atoms with Gasteiger partial charge >= 0.3 is 0 Å². The molecule has 0 bridgehead atoms. The van der Waals surface area contributed by atoms with Gasteiger partial charge in [-0.2, -0.15) is 0 Å². The number of nitrogens with zero attached hydrogens (tertiary/aromatic N) is 2. The first-order valence-corrected chi connectivity index (χ1v) is 4.18. The molecule has 68 valence electrons. The van der Waals surface area contributed by atoms with Crippen molar-refractivity contribution >= 4 is 23.5 Å². The Morgan fingerprint density at radius 2 is 2.07 bits per heavy atom. The SMILES string of the molecule is C=NC(=O)c1ccnc2ccccc12. The highest BCUT2D eigenvalue weighted by Crippen LogP contribution is 2.16. The number of hydrogen-bond donors (Lipinski definition) is 0. The molecule has 14 heavy (non-hydrogen) atoms. The first-order chi connectivity index (χ1) is 6.83. The number of aliphatic imine (C=N–C) groups is 1. The lowest BCUT2D eigenvalue weighted by Gasteiger charge is -2.00. The van der Waals surface area contributed by atoms with Crippen molar-refractivity contribution in [1.82, 2.24) is 4.98 Å². The molecular formula is C11H8N2O. The molecule has 0 aliphatic rings. The van der Waals surface area contributed by atoms with Crippen molar-refractivity contribution in [1.29, 1.82) is 0 Å². The Kier molecular flexibility index (Phi) is 2.07. The molecule has 0 radical (unpaired) electrons. The molecule has 0 N–H and O–H groups in total. The number of benzene rings is 1. The quantitative estimate of drug-likeness (QED) is 0.637. The molecule has 1 aromatic heterocycles. The van der Waals surface area contributed by atoms with Gasteiger partial charge in [0.15, 0.2) is 0 Å². The fraction of sp³-hybridized carbons (Fsp3) is 0. The monoisotopic (exact) mass is 184 g/mol. The molecule has 0 aliphatic carbocycles. The summed E-state index contributed by atoms with van der Waals surface area (Å²) in [5.41, 5.74) is 1.34. The number of fused-ring (bicyclic) bond motifs is 1. The Morgan fingerprint density at radius 1 is 1.29 bits per heavy atom. The van der Waals surface area contributed by atoms with Gasteiger partial charge in [-0.1, -0.05) is 18.2 Å². The van der Waals surface area contributed by atoms with Gasteiger partial charge in [-0.25, -0.2) is 4.99 Å². The predicted molar refractivity (Wildman–Crippen MR) is 55.6 cm³/mol. The Labute approximate surface area is 81.1 Å². The van der Waals surface area contributed by atoms with Crippen LogP contribution in [0, 0.1) is 0 Å². The summed E-state index contributed by atoms with van der Waals surface area (Å²) < 4.78 is 0. The number of para-hydroxylation sites is 1. The van der Waals surface area contributed by atoms with Crippen LogP contribution in [0.1, 0.15) is 10.4 Å². The maximum Gasteiger partial charge on any atom is 0.277 e. The van der Waals surface area contributed by atoms with Gasteiger partial charge in [-0.05, 0) is 18.9 Å². The van der Waals surface area contributed by atoms with E-state index in [1.807, 2.05) is 24.3 Å². The summed E-state index contributed by atoms with van der Waals surface area (Å²) in [7, 11) is 0. The van der Waals surface area contributed by atoms with Crippen molar-refractivity contribution < 1.29 is 4.79 Å². The van der Waals surface area contributed by atoms with Crippen LogP contribution in [0.5, 0.6) is 0 Å². The summed E-state index contributed by atoms with van der Waals surface area (Å²) in [5.74, 6) is -0.316. The largest absolute Gasteiger partial charge is 0.277 e. The number of carbonyl (C=O) groups excluding carboxylic acids is 1. The van der Waals surface area contributed by atoms with Crippen LogP contribution in [0.3, 0.4) is 0 Å². The zero-order chi connectivity index (χ0) is 9.97. The Balaban J connectivity index is 2.77. The molecule has 3 nitrogen and oxygen atoms in total. The second-order valence-electron chi connectivity index (χ2n) is 2.84. The summed E-state index contributed by atoms with van der Waals surface area (Å²) in [6.07, 6.45) is 1.60. The molecule has 2 rings (SSSR count). The van der Waals surface area contributed by atoms with Gasteiger partial charge < -0.3 is 0 Å².